The second-order valence-corrected chi connectivity index (χ2v) is 18.1. The molecule has 0 amide bonds. The van der Waals surface area contributed by atoms with Crippen LogP contribution in [0.5, 0.6) is 0 Å². The van der Waals surface area contributed by atoms with E-state index >= 15 is 0 Å². The number of fused-ring (bicyclic) bond motifs is 18. The van der Waals surface area contributed by atoms with Gasteiger partial charge in [0.2, 0.25) is 0 Å². The summed E-state index contributed by atoms with van der Waals surface area (Å²) in [4.78, 5) is 8.81. The zero-order chi connectivity index (χ0) is 45.1. The lowest BCUT2D eigenvalue weighted by molar-refractivity contribution is 0.752. The van der Waals surface area contributed by atoms with Crippen molar-refractivity contribution in [1.29, 1.82) is 5.26 Å². The van der Waals surface area contributed by atoms with Crippen LogP contribution >= 0.6 is 0 Å². The number of para-hydroxylation sites is 4. The summed E-state index contributed by atoms with van der Waals surface area (Å²) in [5, 5.41) is 10.9. The Balaban J connectivity index is 0.966. The summed E-state index contributed by atoms with van der Waals surface area (Å²) >= 11 is 0. The van der Waals surface area contributed by atoms with Gasteiger partial charge in [-0.15, -0.1) is 0 Å². The summed E-state index contributed by atoms with van der Waals surface area (Å²) in [5.41, 5.74) is 22.3. The molecule has 2 aliphatic carbocycles. The number of nitriles is 1. The fourth-order valence-corrected chi connectivity index (χ4v) is 12.6. The molecule has 2 aliphatic heterocycles. The van der Waals surface area contributed by atoms with Gasteiger partial charge in [0.15, 0.2) is 5.69 Å². The Morgan fingerprint density at radius 1 is 0.338 bits per heavy atom. The van der Waals surface area contributed by atoms with Crippen molar-refractivity contribution in [3.8, 4) is 39.4 Å². The van der Waals surface area contributed by atoms with E-state index < -0.39 is 10.8 Å². The second-order valence-electron chi connectivity index (χ2n) is 18.1. The molecule has 2 spiro atoms. The van der Waals surface area contributed by atoms with Crippen LogP contribution in [0.3, 0.4) is 0 Å². The maximum atomic E-state index is 10.9. The Bertz CT molecular complexity index is 3440. The van der Waals surface area contributed by atoms with E-state index in [0.29, 0.717) is 22.4 Å². The van der Waals surface area contributed by atoms with Gasteiger partial charge in [0.1, 0.15) is 0 Å². The largest absolute Gasteiger partial charge is 0.310 e. The summed E-state index contributed by atoms with van der Waals surface area (Å²) in [6.07, 6.45) is 0. The highest BCUT2D eigenvalue weighted by Gasteiger charge is 2.53. The quantitative estimate of drug-likeness (QED) is 0.166. The minimum atomic E-state index is -0.542. The van der Waals surface area contributed by atoms with E-state index in [1.807, 2.05) is 12.1 Å². The van der Waals surface area contributed by atoms with Crippen molar-refractivity contribution in [3.63, 3.8) is 0 Å². The summed E-state index contributed by atoms with van der Waals surface area (Å²) in [6, 6.07) is 85.2. The van der Waals surface area contributed by atoms with Crippen LogP contribution in [0.4, 0.5) is 39.8 Å². The van der Waals surface area contributed by atoms with E-state index in [0.717, 1.165) is 34.1 Å². The zero-order valence-corrected chi connectivity index (χ0v) is 36.7. The van der Waals surface area contributed by atoms with Crippen LogP contribution < -0.4 is 9.80 Å². The standard InChI is InChI=1S/C64H38N4/c1-66-58-37-36-43(68-61-32-16-12-28-56(61)64(57-29-13-17-33-62(57)68)52-24-8-4-20-46(52)47-21-5-9-25-53(47)64)39-49(58)48-38-42(35-34-41(48)40-65)67-59-30-14-10-26-54(59)63(55-27-11-15-31-60(55)67)50-22-6-2-18-44(50)45-19-3-7-23-51(45)63/h2-39H. The lowest BCUT2D eigenvalue weighted by Gasteiger charge is -2.45. The molecule has 0 N–H and O–H groups in total. The molecule has 2 heterocycles. The third-order valence-corrected chi connectivity index (χ3v) is 15.1. The number of anilines is 6. The molecule has 0 saturated carbocycles. The first-order valence-electron chi connectivity index (χ1n) is 23.1. The highest BCUT2D eigenvalue weighted by molar-refractivity contribution is 5.99. The third-order valence-electron chi connectivity index (χ3n) is 15.1. The minimum absolute atomic E-state index is 0.480. The average Bonchev–Trinajstić information content (AvgIpc) is 3.87. The molecule has 0 unspecified atom stereocenters. The molecule has 0 atom stereocenters. The zero-order valence-electron chi connectivity index (χ0n) is 36.7. The van der Waals surface area contributed by atoms with Crippen molar-refractivity contribution in [3.05, 3.63) is 292 Å². The van der Waals surface area contributed by atoms with Crippen LogP contribution in [0.2, 0.25) is 0 Å². The molecular formula is C64H38N4. The summed E-state index contributed by atoms with van der Waals surface area (Å²) in [6.45, 7) is 8.53. The van der Waals surface area contributed by atoms with Crippen molar-refractivity contribution < 1.29 is 0 Å². The molecule has 0 aromatic heterocycles. The van der Waals surface area contributed by atoms with E-state index in [-0.39, 0.29) is 0 Å². The van der Waals surface area contributed by atoms with Gasteiger partial charge in [-0.05, 0) is 132 Å². The van der Waals surface area contributed by atoms with Crippen LogP contribution in [0.15, 0.2) is 231 Å². The van der Waals surface area contributed by atoms with Gasteiger partial charge in [-0.25, -0.2) is 4.85 Å². The number of benzene rings is 10. The first-order valence-corrected chi connectivity index (χ1v) is 23.1. The average molecular weight is 863 g/mol. The van der Waals surface area contributed by atoms with Gasteiger partial charge in [-0.2, -0.15) is 5.26 Å². The van der Waals surface area contributed by atoms with E-state index in [9.17, 15) is 5.26 Å². The molecule has 68 heavy (non-hydrogen) atoms. The fourth-order valence-electron chi connectivity index (χ4n) is 12.6. The number of rotatable bonds is 3. The highest BCUT2D eigenvalue weighted by atomic mass is 15.2. The summed E-state index contributed by atoms with van der Waals surface area (Å²) in [7, 11) is 0. The molecule has 4 heteroatoms. The predicted molar refractivity (Wildman–Crippen MR) is 274 cm³/mol. The Labute approximate surface area is 395 Å². The maximum Gasteiger partial charge on any atom is 0.195 e. The SMILES string of the molecule is [C-]#[N+]c1ccc(N2c3ccccc3C3(c4ccccc4-c4ccccc43)c3ccccc32)cc1-c1cc(N2c3ccccc3C3(c4ccccc4-c4ccccc43)c3ccccc32)ccc1C#N. The van der Waals surface area contributed by atoms with Crippen LogP contribution in [-0.4, -0.2) is 0 Å². The molecule has 14 rings (SSSR count). The predicted octanol–water partition coefficient (Wildman–Crippen LogP) is 16.1. The molecule has 4 nitrogen and oxygen atoms in total. The van der Waals surface area contributed by atoms with E-state index in [1.54, 1.807) is 0 Å². The van der Waals surface area contributed by atoms with E-state index in [4.69, 9.17) is 6.57 Å². The molecular weight excluding hydrogens is 825 g/mol. The third kappa shape index (κ3) is 4.75. The lowest BCUT2D eigenvalue weighted by atomic mass is 9.64. The Kier molecular flexibility index (Phi) is 7.92. The molecule has 0 bridgehead atoms. The summed E-state index contributed by atoms with van der Waals surface area (Å²) < 4.78 is 0. The highest BCUT2D eigenvalue weighted by Crippen LogP contribution is 2.65. The first kappa shape index (κ1) is 38.1. The van der Waals surface area contributed by atoms with Crippen molar-refractivity contribution >= 4 is 39.8 Å². The molecule has 0 saturated heterocycles. The molecule has 0 fully saturated rings. The van der Waals surface area contributed by atoms with E-state index in [2.05, 4.69) is 239 Å². The Morgan fingerprint density at radius 3 is 1.00 bits per heavy atom. The normalized spacial score (nSPS) is 14.3. The monoisotopic (exact) mass is 862 g/mol. The van der Waals surface area contributed by atoms with Crippen molar-refractivity contribution in [2.75, 3.05) is 9.80 Å². The van der Waals surface area contributed by atoms with Crippen LogP contribution in [0.1, 0.15) is 50.1 Å². The molecule has 314 valence electrons. The maximum absolute atomic E-state index is 10.9. The summed E-state index contributed by atoms with van der Waals surface area (Å²) in [5.74, 6) is 0. The van der Waals surface area contributed by atoms with Crippen LogP contribution in [-0.2, 0) is 10.8 Å². The van der Waals surface area contributed by atoms with Crippen LogP contribution in [0.25, 0.3) is 38.2 Å². The van der Waals surface area contributed by atoms with Gasteiger partial charge >= 0.3 is 0 Å². The fraction of sp³-hybridized carbons (Fsp3) is 0.0312. The van der Waals surface area contributed by atoms with Crippen molar-refractivity contribution in [2.24, 2.45) is 0 Å². The van der Waals surface area contributed by atoms with Gasteiger partial charge in [-0.3, -0.25) is 0 Å². The molecule has 0 radical (unpaired) electrons. The molecule has 4 aliphatic rings. The smallest absolute Gasteiger partial charge is 0.195 e. The second kappa shape index (κ2) is 14.1. The van der Waals surface area contributed by atoms with Gasteiger partial charge in [0, 0.05) is 11.4 Å². The Hall–Kier alpha value is -9.22. The van der Waals surface area contributed by atoms with Gasteiger partial charge in [0.05, 0.1) is 51.8 Å². The minimum Gasteiger partial charge on any atom is -0.310 e. The molecule has 10 aromatic carbocycles. The Morgan fingerprint density at radius 2 is 0.647 bits per heavy atom. The van der Waals surface area contributed by atoms with E-state index in [1.165, 1.54) is 66.8 Å². The lowest BCUT2D eigenvalue weighted by Crippen LogP contribution is -2.36. The number of nitrogens with zero attached hydrogens (tertiary/aromatic N) is 4. The van der Waals surface area contributed by atoms with Crippen molar-refractivity contribution in [2.45, 2.75) is 10.8 Å². The van der Waals surface area contributed by atoms with Crippen molar-refractivity contribution in [1.82, 2.24) is 0 Å². The number of hydrogen-bond donors (Lipinski definition) is 0. The van der Waals surface area contributed by atoms with Crippen LogP contribution in [0, 0.1) is 17.9 Å². The van der Waals surface area contributed by atoms with Gasteiger partial charge in [-0.1, -0.05) is 176 Å². The molecule has 10 aromatic rings. The number of hydrogen-bond acceptors (Lipinski definition) is 3. The first-order chi connectivity index (χ1) is 33.7. The van der Waals surface area contributed by atoms with Gasteiger partial charge in [0.25, 0.3) is 0 Å². The van der Waals surface area contributed by atoms with Gasteiger partial charge < -0.3 is 9.80 Å². The topological polar surface area (TPSA) is 34.6 Å².